The number of ketones is 2. The number of pyridine rings is 2. The summed E-state index contributed by atoms with van der Waals surface area (Å²) in [4.78, 5) is 60.2. The topological polar surface area (TPSA) is 101 Å². The normalized spacial score (nSPS) is 12.3. The van der Waals surface area contributed by atoms with E-state index in [2.05, 4.69) is 57.1 Å². The summed E-state index contributed by atoms with van der Waals surface area (Å²) in [6.07, 6.45) is 12.5. The van der Waals surface area contributed by atoms with Crippen molar-refractivity contribution in [3.8, 4) is 11.1 Å². The van der Waals surface area contributed by atoms with Gasteiger partial charge in [-0.1, -0.05) is 96.0 Å². The van der Waals surface area contributed by atoms with Gasteiger partial charge in [-0.05, 0) is 115 Å². The third-order valence-electron chi connectivity index (χ3n) is 10.7. The van der Waals surface area contributed by atoms with E-state index in [4.69, 9.17) is 0 Å². The Morgan fingerprint density at radius 2 is 1.10 bits per heavy atom. The summed E-state index contributed by atoms with van der Waals surface area (Å²) in [5.74, 6) is 0.692. The van der Waals surface area contributed by atoms with Crippen LogP contribution >= 0.6 is 15.9 Å². The Kier molecular flexibility index (Phi) is 15.4. The predicted octanol–water partition coefficient (Wildman–Crippen LogP) is 10.8. The molecule has 0 radical (unpaired) electrons. The second kappa shape index (κ2) is 21.3. The maximum Gasteiger partial charge on any atom is 0.226 e. The Morgan fingerprint density at radius 1 is 0.583 bits per heavy atom. The van der Waals surface area contributed by atoms with E-state index in [1.54, 1.807) is 24.8 Å². The number of hydrogen-bond acceptors (Lipinski definition) is 6. The van der Waals surface area contributed by atoms with Crippen molar-refractivity contribution in [2.45, 2.75) is 72.1 Å². The molecule has 0 aliphatic carbocycles. The van der Waals surface area contributed by atoms with E-state index in [1.807, 2.05) is 109 Å². The van der Waals surface area contributed by atoms with Gasteiger partial charge in [-0.2, -0.15) is 0 Å². The van der Waals surface area contributed by atoms with Crippen molar-refractivity contribution < 1.29 is 19.2 Å². The van der Waals surface area contributed by atoms with Gasteiger partial charge in [-0.15, -0.1) is 0 Å². The van der Waals surface area contributed by atoms with E-state index in [1.165, 1.54) is 16.7 Å². The Morgan fingerprint density at radius 3 is 1.63 bits per heavy atom. The minimum absolute atomic E-state index is 0.136. The first-order valence-electron chi connectivity index (χ1n) is 20.7. The van der Waals surface area contributed by atoms with Gasteiger partial charge in [0, 0.05) is 90.5 Å². The molecule has 9 heteroatoms. The molecule has 2 amide bonds. The molecule has 2 aromatic heterocycles. The lowest BCUT2D eigenvalue weighted by Gasteiger charge is -2.16. The summed E-state index contributed by atoms with van der Waals surface area (Å²) in [5.41, 5.74) is 11.7. The van der Waals surface area contributed by atoms with Crippen molar-refractivity contribution in [1.29, 1.82) is 0 Å². The van der Waals surface area contributed by atoms with E-state index in [9.17, 15) is 19.2 Å². The minimum atomic E-state index is 0.136. The predicted molar refractivity (Wildman–Crippen MR) is 244 cm³/mol. The first-order chi connectivity index (χ1) is 29.1. The average molecular weight is 864 g/mol. The van der Waals surface area contributed by atoms with Gasteiger partial charge in [0.05, 0.1) is 0 Å². The van der Waals surface area contributed by atoms with E-state index < -0.39 is 0 Å². The van der Waals surface area contributed by atoms with Crippen LogP contribution in [0, 0.1) is 6.92 Å². The van der Waals surface area contributed by atoms with Crippen LogP contribution in [0.5, 0.6) is 0 Å². The highest BCUT2D eigenvalue weighted by Gasteiger charge is 2.24. The molecule has 4 aromatic carbocycles. The summed E-state index contributed by atoms with van der Waals surface area (Å²) in [6, 6.07) is 35.6. The smallest absolute Gasteiger partial charge is 0.226 e. The largest absolute Gasteiger partial charge is 0.312 e. The van der Waals surface area contributed by atoms with Gasteiger partial charge in [-0.25, -0.2) is 0 Å². The monoisotopic (exact) mass is 862 g/mol. The number of halogens is 1. The van der Waals surface area contributed by atoms with Crippen LogP contribution in [0.15, 0.2) is 138 Å². The molecule has 0 saturated carbocycles. The molecule has 0 fully saturated rings. The van der Waals surface area contributed by atoms with Gasteiger partial charge in [-0.3, -0.25) is 29.1 Å². The SMILES string of the molecule is CCC(=O)N1CCc2cc(-c3cccc(C(=O)CCc4cccnc4)c3)ccc21.CCC(=O)N1CCc2cc(C)ccc21.O=C(CCc1cccnc1)c1cccc(Br)c1. The molecule has 0 spiro atoms. The summed E-state index contributed by atoms with van der Waals surface area (Å²) in [5, 5.41) is 0. The molecular weight excluding hydrogens is 812 g/mol. The zero-order chi connectivity index (χ0) is 42.4. The Labute approximate surface area is 361 Å². The van der Waals surface area contributed by atoms with Crippen LogP contribution < -0.4 is 9.80 Å². The number of carbonyl (C=O) groups is 4. The second-order valence-electron chi connectivity index (χ2n) is 14.9. The van der Waals surface area contributed by atoms with E-state index in [0.29, 0.717) is 32.1 Å². The number of aromatic nitrogens is 2. The van der Waals surface area contributed by atoms with Gasteiger partial charge >= 0.3 is 0 Å². The number of amides is 2. The fourth-order valence-electron chi connectivity index (χ4n) is 7.44. The van der Waals surface area contributed by atoms with Crippen molar-refractivity contribution in [3.05, 3.63) is 177 Å². The zero-order valence-corrected chi connectivity index (χ0v) is 36.2. The lowest BCUT2D eigenvalue weighted by atomic mass is 9.97. The molecule has 0 unspecified atom stereocenters. The molecule has 0 saturated heterocycles. The summed E-state index contributed by atoms with van der Waals surface area (Å²) >= 11 is 3.36. The number of anilines is 2. The van der Waals surface area contributed by atoms with Crippen LogP contribution in [0.4, 0.5) is 11.4 Å². The van der Waals surface area contributed by atoms with Crippen molar-refractivity contribution in [2.75, 3.05) is 22.9 Å². The fraction of sp³-hybridized carbons (Fsp3) is 0.255. The van der Waals surface area contributed by atoms with Gasteiger partial charge in [0.25, 0.3) is 0 Å². The number of rotatable bonds is 11. The van der Waals surface area contributed by atoms with Crippen molar-refractivity contribution in [2.24, 2.45) is 0 Å². The third-order valence-corrected chi connectivity index (χ3v) is 11.2. The number of nitrogens with zero attached hydrogens (tertiary/aromatic N) is 4. The zero-order valence-electron chi connectivity index (χ0n) is 34.6. The van der Waals surface area contributed by atoms with Crippen molar-refractivity contribution in [3.63, 3.8) is 0 Å². The molecule has 0 atom stereocenters. The minimum Gasteiger partial charge on any atom is -0.312 e. The molecular formula is C51H51BrN4O4. The number of carbonyl (C=O) groups excluding carboxylic acids is 4. The number of benzene rings is 4. The third kappa shape index (κ3) is 11.6. The quantitative estimate of drug-likeness (QED) is 0.120. The number of aryl methyl sites for hydroxylation is 3. The standard InChI is InChI=1S/C25H24N2O2.C14H12BrNO.C12H15NO/c1-2-25(29)27-14-12-21-15-20(9-10-23(21)27)19-6-3-7-22(16-19)24(28)11-8-18-5-4-13-26-17-18;15-13-5-1-4-12(9-13)14(17)7-6-11-3-2-8-16-10-11;1-3-12(14)13-7-6-10-8-9(2)4-5-11(10)13/h3-7,9-10,13,15-17H,2,8,11-12,14H2,1H3;1-5,8-10H,6-7H2;4-5,8H,3,6-7H2,1-2H3. The van der Waals surface area contributed by atoms with E-state index in [-0.39, 0.29) is 23.4 Å². The summed E-state index contributed by atoms with van der Waals surface area (Å²) in [7, 11) is 0. The molecule has 60 heavy (non-hydrogen) atoms. The molecule has 2 aliphatic rings. The van der Waals surface area contributed by atoms with E-state index >= 15 is 0 Å². The van der Waals surface area contributed by atoms with Gasteiger partial charge in [0.15, 0.2) is 11.6 Å². The Balaban J connectivity index is 0.000000165. The molecule has 6 aromatic rings. The maximum absolute atomic E-state index is 12.7. The molecule has 0 N–H and O–H groups in total. The lowest BCUT2D eigenvalue weighted by molar-refractivity contribution is -0.119. The molecule has 0 bridgehead atoms. The van der Waals surface area contributed by atoms with Gasteiger partial charge in [0.2, 0.25) is 11.8 Å². The number of fused-ring (bicyclic) bond motifs is 2. The van der Waals surface area contributed by atoms with Gasteiger partial charge in [0.1, 0.15) is 0 Å². The Hall–Kier alpha value is -6.06. The Bertz CT molecular complexity index is 2440. The molecule has 306 valence electrons. The number of Topliss-reactive ketones (excluding diaryl/α,β-unsaturated/α-hetero) is 2. The molecule has 8 nitrogen and oxygen atoms in total. The van der Waals surface area contributed by atoms with Crippen LogP contribution in [0.3, 0.4) is 0 Å². The van der Waals surface area contributed by atoms with Crippen LogP contribution in [0.1, 0.15) is 88.1 Å². The molecule has 4 heterocycles. The van der Waals surface area contributed by atoms with Crippen LogP contribution in [0.2, 0.25) is 0 Å². The average Bonchev–Trinajstić information content (AvgIpc) is 3.92. The first-order valence-corrected chi connectivity index (χ1v) is 21.5. The van der Waals surface area contributed by atoms with E-state index in [0.717, 1.165) is 81.6 Å². The highest BCUT2D eigenvalue weighted by molar-refractivity contribution is 9.10. The van der Waals surface area contributed by atoms with Crippen LogP contribution in [0.25, 0.3) is 11.1 Å². The number of hydrogen-bond donors (Lipinski definition) is 0. The maximum atomic E-state index is 12.7. The summed E-state index contributed by atoms with van der Waals surface area (Å²) < 4.78 is 0.935. The summed E-state index contributed by atoms with van der Waals surface area (Å²) in [6.45, 7) is 7.49. The molecule has 2 aliphatic heterocycles. The fourth-order valence-corrected chi connectivity index (χ4v) is 7.84. The highest BCUT2D eigenvalue weighted by Crippen LogP contribution is 2.33. The van der Waals surface area contributed by atoms with Crippen molar-refractivity contribution in [1.82, 2.24) is 9.97 Å². The van der Waals surface area contributed by atoms with Crippen molar-refractivity contribution >= 4 is 50.7 Å². The second-order valence-corrected chi connectivity index (χ2v) is 15.8. The lowest BCUT2D eigenvalue weighted by Crippen LogP contribution is -2.27. The first kappa shape index (κ1) is 43.5. The van der Waals surface area contributed by atoms with Crippen LogP contribution in [-0.2, 0) is 35.3 Å². The van der Waals surface area contributed by atoms with Gasteiger partial charge < -0.3 is 9.80 Å². The highest BCUT2D eigenvalue weighted by atomic mass is 79.9. The molecule has 8 rings (SSSR count). The van der Waals surface area contributed by atoms with Crippen LogP contribution in [-0.4, -0.2) is 46.4 Å².